The Morgan fingerprint density at radius 1 is 1.33 bits per heavy atom. The van der Waals surface area contributed by atoms with E-state index < -0.39 is 0 Å². The molecule has 18 heavy (non-hydrogen) atoms. The van der Waals surface area contributed by atoms with Crippen LogP contribution in [0, 0.1) is 6.92 Å². The molecular weight excluding hydrogens is 244 g/mol. The first-order valence-electron chi connectivity index (χ1n) is 5.89. The Labute approximate surface area is 109 Å². The predicted molar refractivity (Wildman–Crippen MR) is 73.8 cm³/mol. The van der Waals surface area contributed by atoms with Gasteiger partial charge in [0.05, 0.1) is 16.3 Å². The zero-order chi connectivity index (χ0) is 12.5. The van der Waals surface area contributed by atoms with Crippen LogP contribution in [-0.2, 0) is 6.42 Å². The number of fused-ring (bicyclic) bond motifs is 1. The molecule has 0 aromatic carbocycles. The van der Waals surface area contributed by atoms with Crippen molar-refractivity contribution in [2.45, 2.75) is 13.3 Å². The Balaban J connectivity index is 2.18. The molecule has 0 spiro atoms. The molecule has 0 aliphatic heterocycles. The van der Waals surface area contributed by atoms with Gasteiger partial charge in [-0.05, 0) is 37.0 Å². The van der Waals surface area contributed by atoms with Crippen LogP contribution in [0.3, 0.4) is 0 Å². The topological polar surface area (TPSA) is 56.2 Å². The molecule has 0 radical (unpaired) electrons. The van der Waals surface area contributed by atoms with E-state index in [1.165, 1.54) is 4.88 Å². The van der Waals surface area contributed by atoms with Crippen LogP contribution in [0.15, 0.2) is 29.6 Å². The first-order chi connectivity index (χ1) is 8.79. The van der Waals surface area contributed by atoms with Crippen LogP contribution in [0.4, 0.5) is 0 Å². The molecule has 3 aromatic rings. The van der Waals surface area contributed by atoms with Gasteiger partial charge in [0.2, 0.25) is 0 Å². The average Bonchev–Trinajstić information content (AvgIpc) is 2.98. The van der Waals surface area contributed by atoms with Gasteiger partial charge in [-0.25, -0.2) is 9.50 Å². The molecule has 5 heteroatoms. The lowest BCUT2D eigenvalue weighted by atomic mass is 10.2. The third-order valence-electron chi connectivity index (χ3n) is 2.93. The number of imidazole rings is 1. The maximum Gasteiger partial charge on any atom is 0.154 e. The number of thiophene rings is 1. The fourth-order valence-corrected chi connectivity index (χ4v) is 2.76. The standard InChI is InChI=1S/C13H14N4S/c1-9-11(6-7-14)17-13(15-9)5-4-10(16-17)12-3-2-8-18-12/h2-5,8H,6-7,14H2,1H3. The van der Waals surface area contributed by atoms with Crippen LogP contribution in [0.2, 0.25) is 0 Å². The summed E-state index contributed by atoms with van der Waals surface area (Å²) in [7, 11) is 0. The van der Waals surface area contributed by atoms with Gasteiger partial charge in [-0.15, -0.1) is 11.3 Å². The van der Waals surface area contributed by atoms with E-state index in [9.17, 15) is 0 Å². The average molecular weight is 258 g/mol. The molecule has 0 aliphatic rings. The lowest BCUT2D eigenvalue weighted by Crippen LogP contribution is -2.08. The summed E-state index contributed by atoms with van der Waals surface area (Å²) in [5, 5.41) is 6.72. The van der Waals surface area contributed by atoms with Gasteiger partial charge in [-0.2, -0.15) is 5.10 Å². The molecule has 3 rings (SSSR count). The first kappa shape index (κ1) is 11.4. The van der Waals surface area contributed by atoms with E-state index >= 15 is 0 Å². The van der Waals surface area contributed by atoms with Gasteiger partial charge in [-0.1, -0.05) is 6.07 Å². The third kappa shape index (κ3) is 1.81. The summed E-state index contributed by atoms with van der Waals surface area (Å²) >= 11 is 1.69. The summed E-state index contributed by atoms with van der Waals surface area (Å²) in [6, 6.07) is 8.13. The first-order valence-corrected chi connectivity index (χ1v) is 6.77. The van der Waals surface area contributed by atoms with E-state index in [-0.39, 0.29) is 0 Å². The Bertz CT molecular complexity index is 670. The highest BCUT2D eigenvalue weighted by molar-refractivity contribution is 7.13. The number of nitrogens with two attached hydrogens (primary N) is 1. The molecule has 92 valence electrons. The smallest absolute Gasteiger partial charge is 0.154 e. The molecule has 0 saturated carbocycles. The highest BCUT2D eigenvalue weighted by Crippen LogP contribution is 2.23. The Morgan fingerprint density at radius 2 is 2.22 bits per heavy atom. The molecule has 0 amide bonds. The van der Waals surface area contributed by atoms with Crippen molar-refractivity contribution in [2.24, 2.45) is 5.73 Å². The minimum atomic E-state index is 0.611. The van der Waals surface area contributed by atoms with Crippen molar-refractivity contribution in [1.82, 2.24) is 14.6 Å². The van der Waals surface area contributed by atoms with Gasteiger partial charge < -0.3 is 5.73 Å². The van der Waals surface area contributed by atoms with Gasteiger partial charge in [0.15, 0.2) is 5.65 Å². The lowest BCUT2D eigenvalue weighted by Gasteiger charge is -2.02. The summed E-state index contributed by atoms with van der Waals surface area (Å²) in [6.45, 7) is 2.62. The highest BCUT2D eigenvalue weighted by Gasteiger charge is 2.10. The van der Waals surface area contributed by atoms with Crippen LogP contribution in [-0.4, -0.2) is 21.1 Å². The number of rotatable bonds is 3. The summed E-state index contributed by atoms with van der Waals surface area (Å²) in [5.74, 6) is 0. The number of aryl methyl sites for hydroxylation is 1. The molecule has 3 heterocycles. The molecule has 0 aliphatic carbocycles. The number of hydrogen-bond donors (Lipinski definition) is 1. The van der Waals surface area contributed by atoms with Crippen molar-refractivity contribution in [3.63, 3.8) is 0 Å². The van der Waals surface area contributed by atoms with Crippen molar-refractivity contribution < 1.29 is 0 Å². The number of aromatic nitrogens is 3. The number of hydrogen-bond acceptors (Lipinski definition) is 4. The zero-order valence-electron chi connectivity index (χ0n) is 10.1. The van der Waals surface area contributed by atoms with Crippen molar-refractivity contribution in [3.05, 3.63) is 41.0 Å². The van der Waals surface area contributed by atoms with Gasteiger partial charge in [-0.3, -0.25) is 0 Å². The third-order valence-corrected chi connectivity index (χ3v) is 3.82. The molecular formula is C13H14N4S. The summed E-state index contributed by atoms with van der Waals surface area (Å²) in [5.41, 5.74) is 9.62. The van der Waals surface area contributed by atoms with Crippen LogP contribution in [0.5, 0.6) is 0 Å². The summed E-state index contributed by atoms with van der Waals surface area (Å²) < 4.78 is 1.91. The van der Waals surface area contributed by atoms with E-state index in [0.29, 0.717) is 6.54 Å². The van der Waals surface area contributed by atoms with Crippen molar-refractivity contribution in [2.75, 3.05) is 6.54 Å². The Hall–Kier alpha value is -1.72. The van der Waals surface area contributed by atoms with Crippen LogP contribution in [0.1, 0.15) is 11.4 Å². The van der Waals surface area contributed by atoms with Crippen LogP contribution < -0.4 is 5.73 Å². The van der Waals surface area contributed by atoms with Crippen molar-refractivity contribution in [1.29, 1.82) is 0 Å². The fraction of sp³-hybridized carbons (Fsp3) is 0.231. The number of nitrogens with zero attached hydrogens (tertiary/aromatic N) is 3. The molecule has 3 aromatic heterocycles. The van der Waals surface area contributed by atoms with E-state index in [0.717, 1.165) is 29.1 Å². The predicted octanol–water partition coefficient (Wildman–Crippen LogP) is 2.27. The van der Waals surface area contributed by atoms with Gasteiger partial charge in [0.25, 0.3) is 0 Å². The minimum absolute atomic E-state index is 0.611. The Morgan fingerprint density at radius 3 is 2.94 bits per heavy atom. The van der Waals surface area contributed by atoms with Crippen LogP contribution in [0.25, 0.3) is 16.2 Å². The van der Waals surface area contributed by atoms with Crippen molar-refractivity contribution >= 4 is 17.0 Å². The molecule has 2 N–H and O–H groups in total. The Kier molecular flexibility index (Phi) is 2.85. The van der Waals surface area contributed by atoms with Gasteiger partial charge in [0.1, 0.15) is 5.69 Å². The summed E-state index contributed by atoms with van der Waals surface area (Å²) in [6.07, 6.45) is 0.799. The SMILES string of the molecule is Cc1nc2ccc(-c3cccs3)nn2c1CCN. The second-order valence-electron chi connectivity index (χ2n) is 4.15. The van der Waals surface area contributed by atoms with E-state index in [1.54, 1.807) is 11.3 Å². The second-order valence-corrected chi connectivity index (χ2v) is 5.10. The molecule has 0 fully saturated rings. The monoisotopic (exact) mass is 258 g/mol. The zero-order valence-corrected chi connectivity index (χ0v) is 10.9. The molecule has 0 unspecified atom stereocenters. The molecule has 0 bridgehead atoms. The normalized spacial score (nSPS) is 11.2. The molecule has 4 nitrogen and oxygen atoms in total. The van der Waals surface area contributed by atoms with Crippen molar-refractivity contribution in [3.8, 4) is 10.6 Å². The fourth-order valence-electron chi connectivity index (χ4n) is 2.07. The highest BCUT2D eigenvalue weighted by atomic mass is 32.1. The quantitative estimate of drug-likeness (QED) is 0.784. The largest absolute Gasteiger partial charge is 0.330 e. The lowest BCUT2D eigenvalue weighted by molar-refractivity contribution is 0.823. The maximum atomic E-state index is 5.65. The molecule has 0 saturated heterocycles. The van der Waals surface area contributed by atoms with Crippen LogP contribution >= 0.6 is 11.3 Å². The van der Waals surface area contributed by atoms with E-state index in [4.69, 9.17) is 5.73 Å². The van der Waals surface area contributed by atoms with Gasteiger partial charge in [0, 0.05) is 6.42 Å². The van der Waals surface area contributed by atoms with E-state index in [1.807, 2.05) is 29.6 Å². The van der Waals surface area contributed by atoms with E-state index in [2.05, 4.69) is 21.5 Å². The molecule has 0 atom stereocenters. The minimum Gasteiger partial charge on any atom is -0.330 e. The van der Waals surface area contributed by atoms with Gasteiger partial charge >= 0.3 is 0 Å². The maximum absolute atomic E-state index is 5.65. The summed E-state index contributed by atoms with van der Waals surface area (Å²) in [4.78, 5) is 5.67. The second kappa shape index (κ2) is 4.51.